The maximum absolute atomic E-state index is 12.5. The minimum Gasteiger partial charge on any atom is -0.457 e. The Bertz CT molecular complexity index is 1210. The smallest absolute Gasteiger partial charge is 0.303 e. The van der Waals surface area contributed by atoms with Crippen molar-refractivity contribution in [2.45, 2.75) is 102 Å². The molecule has 0 unspecified atom stereocenters. The standard InChI is InChI=1S/C34H45NO10/c1-7-18-39-32-31(29(22(3)42-33(32)38-6)40-19-25-14-10-8-11-15-25)45-34-30(41-20-26-16-12-9-13-17-26)27(35-23(4)36)28(21(2)43-34)44-24(5)37/h7-17,21-22,27-34H,1,18-20H2,2-6H3,(H,35,36)/t21-,22+,27+,28+,29+,30-,31-,32-,33-,34-/m1/s1. The van der Waals surface area contributed by atoms with E-state index in [1.165, 1.54) is 21.0 Å². The van der Waals surface area contributed by atoms with Crippen molar-refractivity contribution in [1.82, 2.24) is 5.32 Å². The summed E-state index contributed by atoms with van der Waals surface area (Å²) in [6, 6.07) is 18.6. The number of carbonyl (C=O) groups is 2. The van der Waals surface area contributed by atoms with Gasteiger partial charge >= 0.3 is 5.97 Å². The van der Waals surface area contributed by atoms with Gasteiger partial charge < -0.3 is 43.2 Å². The van der Waals surface area contributed by atoms with Crippen molar-refractivity contribution in [1.29, 1.82) is 0 Å². The van der Waals surface area contributed by atoms with Gasteiger partial charge in [-0.3, -0.25) is 9.59 Å². The van der Waals surface area contributed by atoms with E-state index in [2.05, 4.69) is 11.9 Å². The summed E-state index contributed by atoms with van der Waals surface area (Å²) >= 11 is 0. The predicted molar refractivity (Wildman–Crippen MR) is 164 cm³/mol. The summed E-state index contributed by atoms with van der Waals surface area (Å²) in [7, 11) is 1.53. The maximum Gasteiger partial charge on any atom is 0.303 e. The Kier molecular flexibility index (Phi) is 13.1. The lowest BCUT2D eigenvalue weighted by Gasteiger charge is -2.49. The largest absolute Gasteiger partial charge is 0.457 e. The fourth-order valence-corrected chi connectivity index (χ4v) is 5.66. The van der Waals surface area contributed by atoms with Crippen molar-refractivity contribution in [3.63, 3.8) is 0 Å². The highest BCUT2D eigenvalue weighted by atomic mass is 16.8. The van der Waals surface area contributed by atoms with E-state index in [4.69, 9.17) is 37.9 Å². The third kappa shape index (κ3) is 9.43. The molecule has 0 aromatic heterocycles. The van der Waals surface area contributed by atoms with Crippen LogP contribution >= 0.6 is 0 Å². The molecule has 11 heteroatoms. The Morgan fingerprint density at radius 3 is 1.87 bits per heavy atom. The molecule has 2 saturated heterocycles. The van der Waals surface area contributed by atoms with E-state index in [1.807, 2.05) is 67.6 Å². The van der Waals surface area contributed by atoms with Crippen LogP contribution in [-0.4, -0.2) is 86.9 Å². The van der Waals surface area contributed by atoms with Crippen molar-refractivity contribution >= 4 is 11.9 Å². The number of methoxy groups -OCH3 is 1. The second kappa shape index (κ2) is 17.0. The lowest BCUT2D eigenvalue weighted by Crippen LogP contribution is -2.67. The van der Waals surface area contributed by atoms with Crippen LogP contribution in [0.25, 0.3) is 0 Å². The number of amides is 1. The molecule has 45 heavy (non-hydrogen) atoms. The molecule has 2 aromatic carbocycles. The van der Waals surface area contributed by atoms with Crippen molar-refractivity contribution in [3.8, 4) is 0 Å². The second-order valence-electron chi connectivity index (χ2n) is 11.2. The normalized spacial score (nSPS) is 31.6. The molecule has 4 rings (SSSR count). The third-order valence-corrected chi connectivity index (χ3v) is 7.69. The molecule has 2 heterocycles. The average Bonchev–Trinajstić information content (AvgIpc) is 3.02. The second-order valence-corrected chi connectivity index (χ2v) is 11.2. The summed E-state index contributed by atoms with van der Waals surface area (Å²) in [5.41, 5.74) is 1.87. The number of benzene rings is 2. The monoisotopic (exact) mass is 627 g/mol. The van der Waals surface area contributed by atoms with Crippen molar-refractivity contribution < 1.29 is 47.5 Å². The Hall–Kier alpha value is -3.16. The van der Waals surface area contributed by atoms with E-state index >= 15 is 0 Å². The highest BCUT2D eigenvalue weighted by Crippen LogP contribution is 2.34. The van der Waals surface area contributed by atoms with Gasteiger partial charge in [0.05, 0.1) is 38.1 Å². The SMILES string of the molecule is C=CCO[C@H]1[C@H](OC)O[C@@H](C)[C@H](OCc2ccccc2)[C@H]1O[C@H]1O[C@H](C)[C@H](OC(C)=O)[C@H](NC(C)=O)[C@H]1OCc1ccccc1. The summed E-state index contributed by atoms with van der Waals surface area (Å²) < 4.78 is 49.8. The van der Waals surface area contributed by atoms with E-state index in [-0.39, 0.29) is 19.1 Å². The Morgan fingerprint density at radius 1 is 0.778 bits per heavy atom. The first kappa shape index (κ1) is 34.7. The van der Waals surface area contributed by atoms with Crippen LogP contribution in [0.2, 0.25) is 0 Å². The van der Waals surface area contributed by atoms with Gasteiger partial charge in [0.1, 0.15) is 24.4 Å². The zero-order valence-corrected chi connectivity index (χ0v) is 26.5. The molecule has 11 nitrogen and oxygen atoms in total. The van der Waals surface area contributed by atoms with Crippen LogP contribution in [-0.2, 0) is 60.7 Å². The van der Waals surface area contributed by atoms with Crippen LogP contribution in [0, 0.1) is 0 Å². The average molecular weight is 628 g/mol. The molecule has 2 aliphatic rings. The van der Waals surface area contributed by atoms with Gasteiger partial charge in [-0.25, -0.2) is 0 Å². The molecule has 2 fully saturated rings. The number of ether oxygens (including phenoxy) is 8. The number of nitrogens with one attached hydrogen (secondary N) is 1. The zero-order chi connectivity index (χ0) is 32.3. The molecule has 0 aliphatic carbocycles. The molecule has 246 valence electrons. The molecule has 10 atom stereocenters. The van der Waals surface area contributed by atoms with Gasteiger partial charge in [-0.2, -0.15) is 0 Å². The van der Waals surface area contributed by atoms with Crippen LogP contribution in [0.3, 0.4) is 0 Å². The van der Waals surface area contributed by atoms with Crippen LogP contribution < -0.4 is 5.32 Å². The molecule has 0 saturated carbocycles. The number of rotatable bonds is 14. The van der Waals surface area contributed by atoms with Crippen LogP contribution in [0.1, 0.15) is 38.8 Å². The first-order valence-corrected chi connectivity index (χ1v) is 15.2. The minimum absolute atomic E-state index is 0.182. The Balaban J connectivity index is 1.69. The minimum atomic E-state index is -1.04. The van der Waals surface area contributed by atoms with Gasteiger partial charge in [0.2, 0.25) is 5.91 Å². The van der Waals surface area contributed by atoms with Gasteiger partial charge in [0, 0.05) is 21.0 Å². The van der Waals surface area contributed by atoms with Gasteiger partial charge in [-0.05, 0) is 25.0 Å². The molecule has 1 N–H and O–H groups in total. The summed E-state index contributed by atoms with van der Waals surface area (Å²) in [5.74, 6) is -0.839. The fraction of sp³-hybridized carbons (Fsp3) is 0.529. The van der Waals surface area contributed by atoms with Crippen molar-refractivity contribution in [2.24, 2.45) is 0 Å². The van der Waals surface area contributed by atoms with Crippen LogP contribution in [0.5, 0.6) is 0 Å². The predicted octanol–water partition coefficient (Wildman–Crippen LogP) is 3.69. The quantitative estimate of drug-likeness (QED) is 0.245. The molecule has 1 amide bonds. The number of hydrogen-bond donors (Lipinski definition) is 1. The van der Waals surface area contributed by atoms with Gasteiger partial charge in [-0.1, -0.05) is 66.7 Å². The van der Waals surface area contributed by atoms with E-state index in [9.17, 15) is 9.59 Å². The van der Waals surface area contributed by atoms with Crippen LogP contribution in [0.15, 0.2) is 73.3 Å². The Morgan fingerprint density at radius 2 is 1.33 bits per heavy atom. The first-order chi connectivity index (χ1) is 21.7. The Labute approximate surface area is 265 Å². The van der Waals surface area contributed by atoms with E-state index in [0.717, 1.165) is 11.1 Å². The molecule has 2 aliphatic heterocycles. The third-order valence-electron chi connectivity index (χ3n) is 7.69. The molecule has 2 aromatic rings. The van der Waals surface area contributed by atoms with E-state index < -0.39 is 67.3 Å². The van der Waals surface area contributed by atoms with Gasteiger partial charge in [-0.15, -0.1) is 6.58 Å². The molecular weight excluding hydrogens is 582 g/mol. The number of esters is 1. The summed E-state index contributed by atoms with van der Waals surface area (Å²) in [6.07, 6.45) is -5.21. The summed E-state index contributed by atoms with van der Waals surface area (Å²) in [4.78, 5) is 24.6. The molecular formula is C34H45NO10. The van der Waals surface area contributed by atoms with E-state index in [1.54, 1.807) is 13.0 Å². The van der Waals surface area contributed by atoms with Gasteiger partial charge in [0.25, 0.3) is 0 Å². The fourth-order valence-electron chi connectivity index (χ4n) is 5.66. The highest BCUT2D eigenvalue weighted by molar-refractivity contribution is 5.73. The number of carbonyl (C=O) groups excluding carboxylic acids is 2. The lowest BCUT2D eigenvalue weighted by molar-refractivity contribution is -0.356. The first-order valence-electron chi connectivity index (χ1n) is 15.2. The highest BCUT2D eigenvalue weighted by Gasteiger charge is 2.53. The van der Waals surface area contributed by atoms with Gasteiger partial charge in [0.15, 0.2) is 18.7 Å². The summed E-state index contributed by atoms with van der Waals surface area (Å²) in [5, 5.41) is 2.93. The molecule has 0 bridgehead atoms. The maximum atomic E-state index is 12.5. The number of hydrogen-bond acceptors (Lipinski definition) is 10. The van der Waals surface area contributed by atoms with E-state index in [0.29, 0.717) is 6.61 Å². The van der Waals surface area contributed by atoms with Crippen LogP contribution in [0.4, 0.5) is 0 Å². The lowest BCUT2D eigenvalue weighted by atomic mass is 9.94. The molecule has 0 spiro atoms. The molecule has 0 radical (unpaired) electrons. The van der Waals surface area contributed by atoms with Crippen molar-refractivity contribution in [2.75, 3.05) is 13.7 Å². The summed E-state index contributed by atoms with van der Waals surface area (Å²) in [6.45, 7) is 10.8. The topological polar surface area (TPSA) is 120 Å². The zero-order valence-electron chi connectivity index (χ0n) is 26.5. The van der Waals surface area contributed by atoms with Crippen molar-refractivity contribution in [3.05, 3.63) is 84.4 Å².